The Labute approximate surface area is 94.0 Å². The van der Waals surface area contributed by atoms with Crippen LogP contribution < -0.4 is 10.6 Å². The Hall–Kier alpha value is -1.55. The standard InChI is InChI=1S/C12H15N3O/c1-2-10(13-5-1)7-14-9-3-4-11-12(6-9)16-8-15-11/h3-4,6,8,10,13-14H,1-2,5,7H2. The van der Waals surface area contributed by atoms with Crippen molar-refractivity contribution in [2.45, 2.75) is 18.9 Å². The average molecular weight is 217 g/mol. The maximum absolute atomic E-state index is 5.26. The summed E-state index contributed by atoms with van der Waals surface area (Å²) < 4.78 is 5.26. The van der Waals surface area contributed by atoms with Gasteiger partial charge in [-0.15, -0.1) is 0 Å². The fraction of sp³-hybridized carbons (Fsp3) is 0.417. The zero-order valence-corrected chi connectivity index (χ0v) is 9.07. The first kappa shape index (κ1) is 9.66. The molecule has 2 N–H and O–H groups in total. The van der Waals surface area contributed by atoms with Crippen LogP contribution in [0, 0.1) is 0 Å². The van der Waals surface area contributed by atoms with Gasteiger partial charge in [-0.25, -0.2) is 4.98 Å². The number of nitrogens with zero attached hydrogens (tertiary/aromatic N) is 1. The molecule has 2 aromatic rings. The van der Waals surface area contributed by atoms with Gasteiger partial charge in [0.05, 0.1) is 0 Å². The van der Waals surface area contributed by atoms with Crippen LogP contribution in [0.4, 0.5) is 5.69 Å². The van der Waals surface area contributed by atoms with Crippen LogP contribution in [0.5, 0.6) is 0 Å². The predicted octanol–water partition coefficient (Wildman–Crippen LogP) is 1.99. The fourth-order valence-electron chi connectivity index (χ4n) is 2.14. The molecule has 2 heterocycles. The number of anilines is 1. The Morgan fingerprint density at radius 1 is 1.50 bits per heavy atom. The van der Waals surface area contributed by atoms with Gasteiger partial charge in [-0.1, -0.05) is 0 Å². The minimum absolute atomic E-state index is 0.602. The zero-order valence-electron chi connectivity index (χ0n) is 9.07. The molecule has 0 bridgehead atoms. The van der Waals surface area contributed by atoms with Crippen LogP contribution in [0.25, 0.3) is 11.1 Å². The molecule has 3 rings (SSSR count). The second-order valence-electron chi connectivity index (χ2n) is 4.21. The van der Waals surface area contributed by atoms with Crippen molar-refractivity contribution in [3.63, 3.8) is 0 Å². The number of fused-ring (bicyclic) bond motifs is 1. The molecule has 1 aliphatic heterocycles. The van der Waals surface area contributed by atoms with Crippen molar-refractivity contribution in [1.82, 2.24) is 10.3 Å². The van der Waals surface area contributed by atoms with Crippen molar-refractivity contribution in [3.05, 3.63) is 24.6 Å². The molecular formula is C12H15N3O. The number of hydrogen-bond donors (Lipinski definition) is 2. The van der Waals surface area contributed by atoms with E-state index in [-0.39, 0.29) is 0 Å². The molecule has 0 saturated carbocycles. The minimum atomic E-state index is 0.602. The van der Waals surface area contributed by atoms with Crippen LogP contribution in [0.2, 0.25) is 0 Å². The van der Waals surface area contributed by atoms with Gasteiger partial charge in [-0.3, -0.25) is 0 Å². The van der Waals surface area contributed by atoms with Gasteiger partial charge in [-0.2, -0.15) is 0 Å². The first-order valence-corrected chi connectivity index (χ1v) is 5.72. The molecule has 84 valence electrons. The third-order valence-electron chi connectivity index (χ3n) is 3.05. The van der Waals surface area contributed by atoms with Gasteiger partial charge in [0.25, 0.3) is 0 Å². The highest BCUT2D eigenvalue weighted by Gasteiger charge is 2.13. The lowest BCUT2D eigenvalue weighted by atomic mass is 10.2. The van der Waals surface area contributed by atoms with E-state index in [0.717, 1.165) is 29.9 Å². The first-order valence-electron chi connectivity index (χ1n) is 5.72. The second-order valence-corrected chi connectivity index (χ2v) is 4.21. The largest absolute Gasteiger partial charge is 0.443 e. The van der Waals surface area contributed by atoms with E-state index in [1.54, 1.807) is 0 Å². The molecule has 1 fully saturated rings. The molecule has 1 atom stereocenters. The Morgan fingerprint density at radius 2 is 2.50 bits per heavy atom. The van der Waals surface area contributed by atoms with E-state index in [1.165, 1.54) is 19.2 Å². The lowest BCUT2D eigenvalue weighted by molar-refractivity contribution is 0.602. The van der Waals surface area contributed by atoms with Gasteiger partial charge in [-0.05, 0) is 31.5 Å². The van der Waals surface area contributed by atoms with Gasteiger partial charge in [0.2, 0.25) is 0 Å². The Bertz CT molecular complexity index is 474. The molecule has 1 saturated heterocycles. The lowest BCUT2D eigenvalue weighted by Gasteiger charge is -2.12. The molecule has 0 spiro atoms. The van der Waals surface area contributed by atoms with Crippen molar-refractivity contribution >= 4 is 16.8 Å². The summed E-state index contributed by atoms with van der Waals surface area (Å²) in [6, 6.07) is 6.62. The van der Waals surface area contributed by atoms with Gasteiger partial charge < -0.3 is 15.1 Å². The predicted molar refractivity (Wildman–Crippen MR) is 63.5 cm³/mol. The van der Waals surface area contributed by atoms with E-state index in [9.17, 15) is 0 Å². The van der Waals surface area contributed by atoms with Gasteiger partial charge in [0.1, 0.15) is 5.52 Å². The van der Waals surface area contributed by atoms with E-state index in [4.69, 9.17) is 4.42 Å². The summed E-state index contributed by atoms with van der Waals surface area (Å²) in [4.78, 5) is 4.09. The molecule has 0 amide bonds. The SMILES string of the molecule is c1nc2ccc(NCC3CCCN3)cc2o1. The van der Waals surface area contributed by atoms with Crippen molar-refractivity contribution in [2.75, 3.05) is 18.4 Å². The highest BCUT2D eigenvalue weighted by atomic mass is 16.3. The average Bonchev–Trinajstić information content (AvgIpc) is 2.97. The maximum Gasteiger partial charge on any atom is 0.181 e. The molecule has 4 nitrogen and oxygen atoms in total. The first-order chi connectivity index (χ1) is 7.92. The van der Waals surface area contributed by atoms with Crippen molar-refractivity contribution in [1.29, 1.82) is 0 Å². The van der Waals surface area contributed by atoms with Crippen LogP contribution in [0.15, 0.2) is 29.0 Å². The molecule has 16 heavy (non-hydrogen) atoms. The summed E-state index contributed by atoms with van der Waals surface area (Å²) in [6.45, 7) is 2.12. The molecule has 4 heteroatoms. The third kappa shape index (κ3) is 1.88. The Kier molecular flexibility index (Phi) is 2.50. The van der Waals surface area contributed by atoms with Gasteiger partial charge in [0.15, 0.2) is 12.0 Å². The van der Waals surface area contributed by atoms with E-state index in [0.29, 0.717) is 6.04 Å². The van der Waals surface area contributed by atoms with Gasteiger partial charge in [0, 0.05) is 24.3 Å². The van der Waals surface area contributed by atoms with Crippen molar-refractivity contribution in [3.8, 4) is 0 Å². The second kappa shape index (κ2) is 4.14. The Balaban J connectivity index is 1.68. The number of aromatic nitrogens is 1. The summed E-state index contributed by atoms with van der Waals surface area (Å²) in [7, 11) is 0. The molecule has 1 unspecified atom stereocenters. The summed E-state index contributed by atoms with van der Waals surface area (Å²) >= 11 is 0. The van der Waals surface area contributed by atoms with Crippen LogP contribution in [0.1, 0.15) is 12.8 Å². The number of rotatable bonds is 3. The zero-order chi connectivity index (χ0) is 10.8. The lowest BCUT2D eigenvalue weighted by Crippen LogP contribution is -2.29. The molecule has 0 radical (unpaired) electrons. The molecule has 1 aliphatic rings. The highest BCUT2D eigenvalue weighted by Crippen LogP contribution is 2.18. The topological polar surface area (TPSA) is 50.1 Å². The van der Waals surface area contributed by atoms with Gasteiger partial charge >= 0.3 is 0 Å². The van der Waals surface area contributed by atoms with E-state index in [1.807, 2.05) is 18.2 Å². The number of hydrogen-bond acceptors (Lipinski definition) is 4. The van der Waals surface area contributed by atoms with Crippen LogP contribution >= 0.6 is 0 Å². The number of benzene rings is 1. The van der Waals surface area contributed by atoms with E-state index < -0.39 is 0 Å². The smallest absolute Gasteiger partial charge is 0.181 e. The number of oxazole rings is 1. The summed E-state index contributed by atoms with van der Waals surface area (Å²) in [5, 5.41) is 6.88. The minimum Gasteiger partial charge on any atom is -0.443 e. The highest BCUT2D eigenvalue weighted by molar-refractivity contribution is 5.76. The molecule has 1 aromatic carbocycles. The molecular weight excluding hydrogens is 202 g/mol. The van der Waals surface area contributed by atoms with E-state index in [2.05, 4.69) is 15.6 Å². The monoisotopic (exact) mass is 217 g/mol. The summed E-state index contributed by atoms with van der Waals surface area (Å²) in [6.07, 6.45) is 4.03. The van der Waals surface area contributed by atoms with Crippen molar-refractivity contribution in [2.24, 2.45) is 0 Å². The number of nitrogens with one attached hydrogen (secondary N) is 2. The van der Waals surface area contributed by atoms with Crippen LogP contribution in [-0.4, -0.2) is 24.1 Å². The van der Waals surface area contributed by atoms with Crippen molar-refractivity contribution < 1.29 is 4.42 Å². The van der Waals surface area contributed by atoms with Crippen LogP contribution in [0.3, 0.4) is 0 Å². The van der Waals surface area contributed by atoms with Crippen LogP contribution in [-0.2, 0) is 0 Å². The summed E-state index contributed by atoms with van der Waals surface area (Å²) in [5.74, 6) is 0. The molecule has 1 aromatic heterocycles. The normalized spacial score (nSPS) is 20.4. The quantitative estimate of drug-likeness (QED) is 0.825. The van der Waals surface area contributed by atoms with E-state index >= 15 is 0 Å². The fourth-order valence-corrected chi connectivity index (χ4v) is 2.14. The maximum atomic E-state index is 5.26. The Morgan fingerprint density at radius 3 is 3.38 bits per heavy atom. The third-order valence-corrected chi connectivity index (χ3v) is 3.05. The summed E-state index contributed by atoms with van der Waals surface area (Å²) in [5.41, 5.74) is 2.84. The molecule has 0 aliphatic carbocycles.